The number of imide groups is 1. The lowest BCUT2D eigenvalue weighted by molar-refractivity contribution is -0.130. The molecule has 0 aromatic heterocycles. The van der Waals surface area contributed by atoms with Crippen molar-refractivity contribution in [2.75, 3.05) is 12.0 Å². The molecule has 1 fully saturated rings. The molecule has 6 nitrogen and oxygen atoms in total. The molecule has 0 spiro atoms. The molecule has 0 saturated carbocycles. The molecule has 2 aliphatic heterocycles. The molecule has 0 N–H and O–H groups in total. The van der Waals surface area contributed by atoms with Gasteiger partial charge in [0.2, 0.25) is 0 Å². The van der Waals surface area contributed by atoms with Gasteiger partial charge in [0.25, 0.3) is 17.7 Å². The van der Waals surface area contributed by atoms with E-state index in [1.807, 2.05) is 42.5 Å². The average Bonchev–Trinajstić information content (AvgIpc) is 3.04. The van der Waals surface area contributed by atoms with Gasteiger partial charge in [-0.15, -0.1) is 0 Å². The van der Waals surface area contributed by atoms with E-state index in [1.165, 1.54) is 0 Å². The predicted molar refractivity (Wildman–Crippen MR) is 110 cm³/mol. The number of ether oxygens (including phenoxy) is 1. The molecule has 6 heteroatoms. The molecule has 0 radical (unpaired) electrons. The summed E-state index contributed by atoms with van der Waals surface area (Å²) in [5.41, 5.74) is 2.21. The number of para-hydroxylation sites is 1. The van der Waals surface area contributed by atoms with Crippen molar-refractivity contribution < 1.29 is 19.1 Å². The number of carbonyl (C=O) groups excluding carboxylic acids is 3. The van der Waals surface area contributed by atoms with Crippen LogP contribution in [0.1, 0.15) is 32.3 Å². The van der Waals surface area contributed by atoms with Crippen molar-refractivity contribution in [2.24, 2.45) is 0 Å². The molecule has 5 rings (SSSR count). The first-order chi connectivity index (χ1) is 14.6. The molecule has 2 aliphatic rings. The van der Waals surface area contributed by atoms with E-state index in [2.05, 4.69) is 0 Å². The second-order valence-electron chi connectivity index (χ2n) is 7.23. The Morgan fingerprint density at radius 2 is 1.23 bits per heavy atom. The number of hydrogen-bond acceptors (Lipinski definition) is 4. The Hall–Kier alpha value is -3.93. The van der Waals surface area contributed by atoms with E-state index >= 15 is 0 Å². The first-order valence-electron chi connectivity index (χ1n) is 9.61. The fourth-order valence-electron chi connectivity index (χ4n) is 4.19. The van der Waals surface area contributed by atoms with Gasteiger partial charge in [0, 0.05) is 5.69 Å². The quantitative estimate of drug-likeness (QED) is 0.499. The van der Waals surface area contributed by atoms with E-state index in [0.717, 1.165) is 16.2 Å². The normalized spacial score (nSPS) is 20.2. The molecule has 30 heavy (non-hydrogen) atoms. The van der Waals surface area contributed by atoms with Gasteiger partial charge in [-0.25, -0.2) is 0 Å². The summed E-state index contributed by atoms with van der Waals surface area (Å²) in [6.07, 6.45) is 0. The Morgan fingerprint density at radius 1 is 0.667 bits per heavy atom. The Morgan fingerprint density at radius 3 is 1.80 bits per heavy atom. The Bertz CT molecular complexity index is 1120. The van der Waals surface area contributed by atoms with Gasteiger partial charge in [-0.05, 0) is 42.0 Å². The minimum atomic E-state index is -0.897. The molecular weight excluding hydrogens is 380 g/mol. The molecular formula is C24H18N2O4. The zero-order valence-corrected chi connectivity index (χ0v) is 16.2. The zero-order valence-electron chi connectivity index (χ0n) is 16.2. The number of hydrogen-bond donors (Lipinski definition) is 0. The van der Waals surface area contributed by atoms with Gasteiger partial charge in [-0.2, -0.15) is 0 Å². The van der Waals surface area contributed by atoms with Crippen molar-refractivity contribution in [1.82, 2.24) is 4.90 Å². The summed E-state index contributed by atoms with van der Waals surface area (Å²) < 4.78 is 5.24. The summed E-state index contributed by atoms with van der Waals surface area (Å²) in [5.74, 6) is -0.454. The SMILES string of the molecule is COc1ccc(C2C(N3C(=O)c4ccccc4C3=O)C(=O)N2c2ccccc2)cc1. The highest BCUT2D eigenvalue weighted by molar-refractivity contribution is 6.24. The standard InChI is InChI=1S/C24H18N2O4/c1-30-17-13-11-15(12-14-17)20-21(24(29)25(20)16-7-3-2-4-8-16)26-22(27)18-9-5-6-10-19(18)23(26)28/h2-14,20-21H,1H3. The van der Waals surface area contributed by atoms with Crippen molar-refractivity contribution in [2.45, 2.75) is 12.1 Å². The van der Waals surface area contributed by atoms with Crippen molar-refractivity contribution >= 4 is 23.4 Å². The summed E-state index contributed by atoms with van der Waals surface area (Å²) in [6.45, 7) is 0. The van der Waals surface area contributed by atoms with Gasteiger partial charge in [0.05, 0.1) is 24.3 Å². The van der Waals surface area contributed by atoms with Crippen LogP contribution in [0.2, 0.25) is 0 Å². The average molecular weight is 398 g/mol. The maximum absolute atomic E-state index is 13.3. The number of benzene rings is 3. The number of fused-ring (bicyclic) bond motifs is 1. The molecule has 148 valence electrons. The van der Waals surface area contributed by atoms with Crippen molar-refractivity contribution in [3.8, 4) is 5.75 Å². The number of nitrogens with zero attached hydrogens (tertiary/aromatic N) is 2. The summed E-state index contributed by atoms with van der Waals surface area (Å²) >= 11 is 0. The number of anilines is 1. The zero-order chi connectivity index (χ0) is 20.8. The fraction of sp³-hybridized carbons (Fsp3) is 0.125. The third-order valence-electron chi connectivity index (χ3n) is 5.66. The second kappa shape index (κ2) is 6.84. The highest BCUT2D eigenvalue weighted by Gasteiger charge is 2.57. The molecule has 0 bridgehead atoms. The molecule has 1 saturated heterocycles. The van der Waals surface area contributed by atoms with Crippen LogP contribution in [0.3, 0.4) is 0 Å². The van der Waals surface area contributed by atoms with E-state index in [-0.39, 0.29) is 5.91 Å². The summed E-state index contributed by atoms with van der Waals surface area (Å²) in [4.78, 5) is 42.0. The van der Waals surface area contributed by atoms with Gasteiger partial charge in [0.15, 0.2) is 0 Å². The summed E-state index contributed by atoms with van der Waals surface area (Å²) in [6, 6.07) is 21.9. The van der Waals surface area contributed by atoms with Gasteiger partial charge < -0.3 is 9.64 Å². The van der Waals surface area contributed by atoms with Crippen molar-refractivity contribution in [1.29, 1.82) is 0 Å². The highest BCUT2D eigenvalue weighted by atomic mass is 16.5. The predicted octanol–water partition coefficient (Wildman–Crippen LogP) is 3.45. The lowest BCUT2D eigenvalue weighted by Crippen LogP contribution is -2.67. The van der Waals surface area contributed by atoms with Gasteiger partial charge in [-0.1, -0.05) is 42.5 Å². The topological polar surface area (TPSA) is 66.9 Å². The van der Waals surface area contributed by atoms with Crippen molar-refractivity contribution in [3.63, 3.8) is 0 Å². The lowest BCUT2D eigenvalue weighted by Gasteiger charge is -2.49. The lowest BCUT2D eigenvalue weighted by atomic mass is 9.86. The first kappa shape index (κ1) is 18.1. The third kappa shape index (κ3) is 2.54. The van der Waals surface area contributed by atoms with E-state index in [0.29, 0.717) is 16.9 Å². The third-order valence-corrected chi connectivity index (χ3v) is 5.66. The van der Waals surface area contributed by atoms with Crippen LogP contribution in [0.4, 0.5) is 5.69 Å². The smallest absolute Gasteiger partial charge is 0.262 e. The number of β-lactam (4-membered cyclic amide) rings is 1. The molecule has 0 aliphatic carbocycles. The molecule has 2 heterocycles. The Kier molecular flexibility index (Phi) is 4.13. The molecule has 2 atom stereocenters. The maximum Gasteiger partial charge on any atom is 0.262 e. The number of amides is 3. The van der Waals surface area contributed by atoms with Crippen LogP contribution in [-0.4, -0.2) is 35.8 Å². The second-order valence-corrected chi connectivity index (χ2v) is 7.23. The van der Waals surface area contributed by atoms with Crippen LogP contribution in [0.25, 0.3) is 0 Å². The van der Waals surface area contributed by atoms with Crippen LogP contribution < -0.4 is 9.64 Å². The molecule has 2 unspecified atom stereocenters. The number of rotatable bonds is 4. The largest absolute Gasteiger partial charge is 0.497 e. The van der Waals surface area contributed by atoms with Crippen LogP contribution in [0.5, 0.6) is 5.75 Å². The molecule has 3 amide bonds. The van der Waals surface area contributed by atoms with E-state index < -0.39 is 23.9 Å². The van der Waals surface area contributed by atoms with Crippen LogP contribution in [-0.2, 0) is 4.79 Å². The van der Waals surface area contributed by atoms with Crippen LogP contribution in [0, 0.1) is 0 Å². The van der Waals surface area contributed by atoms with Gasteiger partial charge >= 0.3 is 0 Å². The molecule has 3 aromatic carbocycles. The summed E-state index contributed by atoms with van der Waals surface area (Å²) in [7, 11) is 1.58. The van der Waals surface area contributed by atoms with Gasteiger partial charge in [0.1, 0.15) is 11.8 Å². The Labute approximate surface area is 173 Å². The number of methoxy groups -OCH3 is 1. The monoisotopic (exact) mass is 398 g/mol. The number of carbonyl (C=O) groups is 3. The van der Waals surface area contributed by atoms with Crippen LogP contribution >= 0.6 is 0 Å². The van der Waals surface area contributed by atoms with Gasteiger partial charge in [-0.3, -0.25) is 19.3 Å². The molecule has 3 aromatic rings. The maximum atomic E-state index is 13.3. The van der Waals surface area contributed by atoms with Crippen molar-refractivity contribution in [3.05, 3.63) is 95.6 Å². The van der Waals surface area contributed by atoms with E-state index in [4.69, 9.17) is 4.74 Å². The summed E-state index contributed by atoms with van der Waals surface area (Å²) in [5, 5.41) is 0. The fourth-order valence-corrected chi connectivity index (χ4v) is 4.19. The first-order valence-corrected chi connectivity index (χ1v) is 9.61. The Balaban J connectivity index is 1.58. The highest BCUT2D eigenvalue weighted by Crippen LogP contribution is 2.44. The van der Waals surface area contributed by atoms with Crippen LogP contribution in [0.15, 0.2) is 78.9 Å². The van der Waals surface area contributed by atoms with E-state index in [1.54, 1.807) is 48.4 Å². The minimum Gasteiger partial charge on any atom is -0.497 e. The minimum absolute atomic E-state index is 0.281. The van der Waals surface area contributed by atoms with E-state index in [9.17, 15) is 14.4 Å².